The lowest BCUT2D eigenvalue weighted by molar-refractivity contribution is -0.127. The molecule has 0 aromatic heterocycles. The summed E-state index contributed by atoms with van der Waals surface area (Å²) in [6.07, 6.45) is -0.564. The molecule has 0 saturated heterocycles. The Balaban J connectivity index is 2.45. The number of rotatable bonds is 6. The van der Waals surface area contributed by atoms with Crippen LogP contribution in [0.15, 0.2) is 24.3 Å². The first-order chi connectivity index (χ1) is 8.52. The minimum atomic E-state index is -0.564. The normalized spacial score (nSPS) is 13.8. The molecule has 1 rings (SSSR count). The second-order valence-electron chi connectivity index (χ2n) is 4.22. The van der Waals surface area contributed by atoms with Crippen molar-refractivity contribution in [2.24, 2.45) is 5.92 Å². The predicted octanol–water partition coefficient (Wildman–Crippen LogP) is 3.10. The SMILES string of the molecule is CC(CCl)CNC(=O)C(C)Oc1cccc(Cl)c1. The third-order valence-corrected chi connectivity index (χ3v) is 3.13. The van der Waals surface area contributed by atoms with E-state index in [1.807, 2.05) is 6.92 Å². The number of carbonyl (C=O) groups excluding carboxylic acids is 1. The summed E-state index contributed by atoms with van der Waals surface area (Å²) in [5, 5.41) is 3.37. The van der Waals surface area contributed by atoms with E-state index in [4.69, 9.17) is 27.9 Å². The van der Waals surface area contributed by atoms with Gasteiger partial charge in [0.25, 0.3) is 5.91 Å². The van der Waals surface area contributed by atoms with Gasteiger partial charge in [-0.25, -0.2) is 0 Å². The molecule has 1 aromatic rings. The van der Waals surface area contributed by atoms with Gasteiger partial charge in [0.15, 0.2) is 6.10 Å². The topological polar surface area (TPSA) is 38.3 Å². The van der Waals surface area contributed by atoms with Gasteiger partial charge >= 0.3 is 0 Å². The highest BCUT2D eigenvalue weighted by Crippen LogP contribution is 2.18. The largest absolute Gasteiger partial charge is 0.481 e. The van der Waals surface area contributed by atoms with Crippen molar-refractivity contribution in [2.45, 2.75) is 20.0 Å². The predicted molar refractivity (Wildman–Crippen MR) is 74.4 cm³/mol. The van der Waals surface area contributed by atoms with Crippen LogP contribution in [0.4, 0.5) is 0 Å². The van der Waals surface area contributed by atoms with Gasteiger partial charge in [-0.3, -0.25) is 4.79 Å². The molecule has 1 aromatic carbocycles. The summed E-state index contributed by atoms with van der Waals surface area (Å²) >= 11 is 11.5. The third kappa shape index (κ3) is 5.15. The Bertz CT molecular complexity index is 398. The van der Waals surface area contributed by atoms with Gasteiger partial charge in [0.2, 0.25) is 0 Å². The number of hydrogen-bond acceptors (Lipinski definition) is 2. The quantitative estimate of drug-likeness (QED) is 0.818. The van der Waals surface area contributed by atoms with Crippen LogP contribution in [0.2, 0.25) is 5.02 Å². The highest BCUT2D eigenvalue weighted by molar-refractivity contribution is 6.30. The summed E-state index contributed by atoms with van der Waals surface area (Å²) in [4.78, 5) is 11.7. The van der Waals surface area contributed by atoms with Gasteiger partial charge in [0.05, 0.1) is 0 Å². The van der Waals surface area contributed by atoms with Crippen LogP contribution in [0.25, 0.3) is 0 Å². The Hall–Kier alpha value is -0.930. The number of hydrogen-bond donors (Lipinski definition) is 1. The second kappa shape index (κ2) is 7.49. The van der Waals surface area contributed by atoms with Gasteiger partial charge < -0.3 is 10.1 Å². The summed E-state index contributed by atoms with van der Waals surface area (Å²) in [6, 6.07) is 6.96. The average Bonchev–Trinajstić information content (AvgIpc) is 2.35. The molecule has 0 fully saturated rings. The summed E-state index contributed by atoms with van der Waals surface area (Å²) in [5.74, 6) is 1.18. The standard InChI is InChI=1S/C13H17Cl2NO2/c1-9(7-14)8-16-13(17)10(2)18-12-5-3-4-11(15)6-12/h3-6,9-10H,7-8H2,1-2H3,(H,16,17). The number of nitrogens with one attached hydrogen (secondary N) is 1. The Morgan fingerprint density at radius 3 is 2.78 bits per heavy atom. The van der Waals surface area contributed by atoms with E-state index in [-0.39, 0.29) is 11.8 Å². The molecule has 1 N–H and O–H groups in total. The number of halogens is 2. The summed E-state index contributed by atoms with van der Waals surface area (Å²) in [5.41, 5.74) is 0. The van der Waals surface area contributed by atoms with Crippen molar-refractivity contribution in [1.82, 2.24) is 5.32 Å². The minimum absolute atomic E-state index is 0.160. The van der Waals surface area contributed by atoms with E-state index in [0.717, 1.165) is 0 Å². The van der Waals surface area contributed by atoms with E-state index in [1.165, 1.54) is 0 Å². The molecular formula is C13H17Cl2NO2. The van der Waals surface area contributed by atoms with Crippen molar-refractivity contribution in [3.05, 3.63) is 29.3 Å². The second-order valence-corrected chi connectivity index (χ2v) is 4.97. The number of alkyl halides is 1. The highest BCUT2D eigenvalue weighted by Gasteiger charge is 2.15. The fraction of sp³-hybridized carbons (Fsp3) is 0.462. The molecule has 0 saturated carbocycles. The summed E-state index contributed by atoms with van der Waals surface area (Å²) in [7, 11) is 0. The van der Waals surface area contributed by atoms with Crippen LogP contribution in [0.5, 0.6) is 5.75 Å². The molecule has 100 valence electrons. The fourth-order valence-corrected chi connectivity index (χ4v) is 1.56. The molecule has 1 amide bonds. The van der Waals surface area contributed by atoms with Gasteiger partial charge in [0.1, 0.15) is 5.75 Å². The minimum Gasteiger partial charge on any atom is -0.481 e. The average molecular weight is 290 g/mol. The van der Waals surface area contributed by atoms with Crippen molar-refractivity contribution in [2.75, 3.05) is 12.4 Å². The van der Waals surface area contributed by atoms with Crippen molar-refractivity contribution >= 4 is 29.1 Å². The maximum Gasteiger partial charge on any atom is 0.260 e. The molecule has 0 aliphatic rings. The van der Waals surface area contributed by atoms with E-state index in [2.05, 4.69) is 5.32 Å². The van der Waals surface area contributed by atoms with Gasteiger partial charge in [-0.05, 0) is 31.0 Å². The molecule has 5 heteroatoms. The first kappa shape index (κ1) is 15.1. The van der Waals surface area contributed by atoms with Gasteiger partial charge in [-0.2, -0.15) is 0 Å². The van der Waals surface area contributed by atoms with Crippen LogP contribution >= 0.6 is 23.2 Å². The molecule has 0 aliphatic carbocycles. The molecule has 2 unspecified atom stereocenters. The van der Waals surface area contributed by atoms with Crippen LogP contribution in [0, 0.1) is 5.92 Å². The highest BCUT2D eigenvalue weighted by atomic mass is 35.5. The Morgan fingerprint density at radius 2 is 2.17 bits per heavy atom. The third-order valence-electron chi connectivity index (χ3n) is 2.37. The molecule has 0 spiro atoms. The van der Waals surface area contributed by atoms with Crippen LogP contribution < -0.4 is 10.1 Å². The summed E-state index contributed by atoms with van der Waals surface area (Å²) < 4.78 is 5.49. The molecule has 0 heterocycles. The lowest BCUT2D eigenvalue weighted by Gasteiger charge is -2.16. The first-order valence-corrected chi connectivity index (χ1v) is 6.70. The lowest BCUT2D eigenvalue weighted by Crippen LogP contribution is -2.38. The van der Waals surface area contributed by atoms with E-state index in [9.17, 15) is 4.79 Å². The fourth-order valence-electron chi connectivity index (χ4n) is 1.27. The zero-order chi connectivity index (χ0) is 13.5. The molecule has 0 aliphatic heterocycles. The van der Waals surface area contributed by atoms with E-state index in [1.54, 1.807) is 31.2 Å². The molecule has 2 atom stereocenters. The Labute approximate surface area is 117 Å². The maximum absolute atomic E-state index is 11.7. The monoisotopic (exact) mass is 289 g/mol. The van der Waals surface area contributed by atoms with Crippen molar-refractivity contribution < 1.29 is 9.53 Å². The van der Waals surface area contributed by atoms with E-state index < -0.39 is 6.10 Å². The molecule has 3 nitrogen and oxygen atoms in total. The van der Waals surface area contributed by atoms with E-state index in [0.29, 0.717) is 23.2 Å². The number of carbonyl (C=O) groups is 1. The van der Waals surface area contributed by atoms with Crippen LogP contribution in [-0.2, 0) is 4.79 Å². The van der Waals surface area contributed by atoms with Crippen LogP contribution in [-0.4, -0.2) is 24.4 Å². The van der Waals surface area contributed by atoms with Crippen molar-refractivity contribution in [3.63, 3.8) is 0 Å². The zero-order valence-corrected chi connectivity index (χ0v) is 12.0. The van der Waals surface area contributed by atoms with Crippen LogP contribution in [0.3, 0.4) is 0 Å². The molecule has 18 heavy (non-hydrogen) atoms. The molecule has 0 radical (unpaired) electrons. The van der Waals surface area contributed by atoms with E-state index >= 15 is 0 Å². The van der Waals surface area contributed by atoms with Gasteiger partial charge in [-0.1, -0.05) is 24.6 Å². The summed E-state index contributed by atoms with van der Waals surface area (Å²) in [6.45, 7) is 4.21. The van der Waals surface area contributed by atoms with Gasteiger partial charge in [-0.15, -0.1) is 11.6 Å². The molecule has 0 bridgehead atoms. The van der Waals surface area contributed by atoms with Crippen LogP contribution in [0.1, 0.15) is 13.8 Å². The zero-order valence-electron chi connectivity index (χ0n) is 10.5. The molecular weight excluding hydrogens is 273 g/mol. The van der Waals surface area contributed by atoms with Gasteiger partial charge in [0, 0.05) is 17.4 Å². The Morgan fingerprint density at radius 1 is 1.44 bits per heavy atom. The number of amides is 1. The number of ether oxygens (including phenoxy) is 1. The smallest absolute Gasteiger partial charge is 0.260 e. The van der Waals surface area contributed by atoms with Crippen molar-refractivity contribution in [3.8, 4) is 5.75 Å². The number of benzene rings is 1. The first-order valence-electron chi connectivity index (χ1n) is 5.78. The lowest BCUT2D eigenvalue weighted by atomic mass is 10.2. The van der Waals surface area contributed by atoms with Crippen molar-refractivity contribution in [1.29, 1.82) is 0 Å². The Kier molecular flexibility index (Phi) is 6.30. The maximum atomic E-state index is 11.7.